The van der Waals surface area contributed by atoms with E-state index < -0.39 is 6.04 Å². The number of nitrogens with zero attached hydrogens (tertiary/aromatic N) is 1. The molecule has 1 N–H and O–H groups in total. The van der Waals surface area contributed by atoms with Gasteiger partial charge in [0.2, 0.25) is 11.8 Å². The van der Waals surface area contributed by atoms with Gasteiger partial charge in [0.05, 0.1) is 0 Å². The molecule has 2 amide bonds. The highest BCUT2D eigenvalue weighted by Gasteiger charge is 2.25. The first-order valence-corrected chi connectivity index (χ1v) is 6.89. The molecule has 1 aromatic carbocycles. The molecule has 0 aliphatic rings. The van der Waals surface area contributed by atoms with E-state index in [1.807, 2.05) is 45.0 Å². The van der Waals surface area contributed by atoms with Gasteiger partial charge < -0.3 is 10.2 Å². The van der Waals surface area contributed by atoms with Crippen LogP contribution >= 0.6 is 0 Å². The van der Waals surface area contributed by atoms with Gasteiger partial charge in [-0.15, -0.1) is 0 Å². The van der Waals surface area contributed by atoms with E-state index in [-0.39, 0.29) is 17.7 Å². The molecule has 1 rings (SSSR count). The lowest BCUT2D eigenvalue weighted by Gasteiger charge is -2.26. The second-order valence-corrected chi connectivity index (χ2v) is 5.60. The highest BCUT2D eigenvalue weighted by molar-refractivity contribution is 5.86. The Hall–Kier alpha value is -1.84. The van der Waals surface area contributed by atoms with Gasteiger partial charge in [-0.05, 0) is 18.4 Å². The normalized spacial score (nSPS) is 12.1. The fourth-order valence-electron chi connectivity index (χ4n) is 2.02. The van der Waals surface area contributed by atoms with Crippen LogP contribution in [0.5, 0.6) is 0 Å². The molecule has 1 atom stereocenters. The van der Waals surface area contributed by atoms with Gasteiger partial charge in [0, 0.05) is 20.5 Å². The molecule has 0 saturated heterocycles. The highest BCUT2D eigenvalue weighted by Crippen LogP contribution is 2.10. The minimum absolute atomic E-state index is 0.0595. The summed E-state index contributed by atoms with van der Waals surface area (Å²) >= 11 is 0. The molecule has 0 heterocycles. The summed E-state index contributed by atoms with van der Waals surface area (Å²) in [4.78, 5) is 25.3. The Bertz CT molecular complexity index is 466. The van der Waals surface area contributed by atoms with E-state index >= 15 is 0 Å². The molecule has 4 heteroatoms. The monoisotopic (exact) mass is 276 g/mol. The van der Waals surface area contributed by atoms with Crippen LogP contribution in [0.4, 0.5) is 0 Å². The molecule has 1 unspecified atom stereocenters. The standard InChI is InChI=1S/C16H24N2O2/c1-11(2)15(17-13(4)19)16(20)18(5)10-14-8-6-12(3)7-9-14/h6-9,11,15H,10H2,1-5H3,(H,17,19). The van der Waals surface area contributed by atoms with E-state index in [9.17, 15) is 9.59 Å². The number of benzene rings is 1. The van der Waals surface area contributed by atoms with Gasteiger partial charge >= 0.3 is 0 Å². The number of carbonyl (C=O) groups excluding carboxylic acids is 2. The van der Waals surface area contributed by atoms with Crippen molar-refractivity contribution in [3.8, 4) is 0 Å². The molecule has 0 aliphatic carbocycles. The van der Waals surface area contributed by atoms with Crippen LogP contribution in [0.3, 0.4) is 0 Å². The SMILES string of the molecule is CC(=O)NC(C(=O)N(C)Cc1ccc(C)cc1)C(C)C. The second-order valence-electron chi connectivity index (χ2n) is 5.60. The summed E-state index contributed by atoms with van der Waals surface area (Å²) in [6, 6.07) is 7.62. The number of carbonyl (C=O) groups is 2. The van der Waals surface area contributed by atoms with Gasteiger partial charge in [-0.25, -0.2) is 0 Å². The fourth-order valence-corrected chi connectivity index (χ4v) is 2.02. The number of nitrogens with one attached hydrogen (secondary N) is 1. The van der Waals surface area contributed by atoms with Crippen molar-refractivity contribution in [1.29, 1.82) is 0 Å². The predicted octanol–water partition coefficient (Wildman–Crippen LogP) is 2.11. The Morgan fingerprint density at radius 1 is 1.20 bits per heavy atom. The number of aryl methyl sites for hydroxylation is 1. The third-order valence-electron chi connectivity index (χ3n) is 3.21. The lowest BCUT2D eigenvalue weighted by atomic mass is 10.0. The summed E-state index contributed by atoms with van der Waals surface area (Å²) in [5, 5.41) is 2.72. The Kier molecular flexibility index (Phi) is 5.74. The molecule has 1 aromatic rings. The van der Waals surface area contributed by atoms with Gasteiger partial charge in [-0.1, -0.05) is 43.7 Å². The van der Waals surface area contributed by atoms with Crippen LogP contribution in [0.1, 0.15) is 31.9 Å². The lowest BCUT2D eigenvalue weighted by molar-refractivity contribution is -0.136. The van der Waals surface area contributed by atoms with Gasteiger partial charge in [0.15, 0.2) is 0 Å². The van der Waals surface area contributed by atoms with Gasteiger partial charge in [-0.2, -0.15) is 0 Å². The number of hydrogen-bond donors (Lipinski definition) is 1. The van der Waals surface area contributed by atoms with Crippen LogP contribution in [0.15, 0.2) is 24.3 Å². The summed E-state index contributed by atoms with van der Waals surface area (Å²) in [6.07, 6.45) is 0. The van der Waals surface area contributed by atoms with Crippen LogP contribution in [0, 0.1) is 12.8 Å². The maximum atomic E-state index is 12.4. The first-order valence-electron chi connectivity index (χ1n) is 6.89. The molecule has 0 bridgehead atoms. The zero-order chi connectivity index (χ0) is 15.3. The van der Waals surface area contributed by atoms with Crippen molar-refractivity contribution in [3.05, 3.63) is 35.4 Å². The summed E-state index contributed by atoms with van der Waals surface area (Å²) < 4.78 is 0. The zero-order valence-corrected chi connectivity index (χ0v) is 12.9. The first kappa shape index (κ1) is 16.2. The average molecular weight is 276 g/mol. The van der Waals surface area contributed by atoms with Crippen LogP contribution in [0.2, 0.25) is 0 Å². The van der Waals surface area contributed by atoms with Crippen molar-refractivity contribution in [2.45, 2.75) is 40.3 Å². The van der Waals surface area contributed by atoms with Gasteiger partial charge in [0.25, 0.3) is 0 Å². The van der Waals surface area contributed by atoms with Crippen molar-refractivity contribution >= 4 is 11.8 Å². The third kappa shape index (κ3) is 4.68. The van der Waals surface area contributed by atoms with Crippen molar-refractivity contribution in [1.82, 2.24) is 10.2 Å². The lowest BCUT2D eigenvalue weighted by Crippen LogP contribution is -2.49. The van der Waals surface area contributed by atoms with Crippen LogP contribution in [-0.4, -0.2) is 29.8 Å². The Labute approximate surface area is 121 Å². The van der Waals surface area contributed by atoms with E-state index in [2.05, 4.69) is 5.32 Å². The van der Waals surface area contributed by atoms with E-state index in [1.165, 1.54) is 12.5 Å². The van der Waals surface area contributed by atoms with Gasteiger partial charge in [-0.3, -0.25) is 9.59 Å². The van der Waals surface area contributed by atoms with Crippen molar-refractivity contribution < 1.29 is 9.59 Å². The Morgan fingerprint density at radius 3 is 2.20 bits per heavy atom. The summed E-state index contributed by atoms with van der Waals surface area (Å²) in [5.41, 5.74) is 2.28. The minimum Gasteiger partial charge on any atom is -0.344 e. The average Bonchev–Trinajstić information content (AvgIpc) is 2.37. The molecule has 20 heavy (non-hydrogen) atoms. The molecule has 0 aromatic heterocycles. The Balaban J connectivity index is 2.73. The van der Waals surface area contributed by atoms with Crippen LogP contribution in [0.25, 0.3) is 0 Å². The second kappa shape index (κ2) is 7.08. The minimum atomic E-state index is -0.469. The molecule has 0 saturated carbocycles. The zero-order valence-electron chi connectivity index (χ0n) is 12.9. The quantitative estimate of drug-likeness (QED) is 0.895. The number of rotatable bonds is 5. The maximum absolute atomic E-state index is 12.4. The van der Waals surface area contributed by atoms with E-state index in [0.717, 1.165) is 5.56 Å². The van der Waals surface area contributed by atoms with Crippen LogP contribution in [-0.2, 0) is 16.1 Å². The van der Waals surface area contributed by atoms with E-state index in [1.54, 1.807) is 11.9 Å². The van der Waals surface area contributed by atoms with E-state index in [0.29, 0.717) is 6.54 Å². The molecular weight excluding hydrogens is 252 g/mol. The molecule has 4 nitrogen and oxygen atoms in total. The number of likely N-dealkylation sites (N-methyl/N-ethyl adjacent to an activating group) is 1. The number of amides is 2. The molecule has 0 spiro atoms. The number of hydrogen-bond acceptors (Lipinski definition) is 2. The molecule has 110 valence electrons. The first-order chi connectivity index (χ1) is 9.31. The molecule has 0 fully saturated rings. The Morgan fingerprint density at radius 2 is 1.75 bits per heavy atom. The third-order valence-corrected chi connectivity index (χ3v) is 3.21. The van der Waals surface area contributed by atoms with Crippen molar-refractivity contribution in [3.63, 3.8) is 0 Å². The van der Waals surface area contributed by atoms with Gasteiger partial charge in [0.1, 0.15) is 6.04 Å². The smallest absolute Gasteiger partial charge is 0.245 e. The largest absolute Gasteiger partial charge is 0.344 e. The topological polar surface area (TPSA) is 49.4 Å². The van der Waals surface area contributed by atoms with Crippen LogP contribution < -0.4 is 5.32 Å². The molecule has 0 radical (unpaired) electrons. The fraction of sp³-hybridized carbons (Fsp3) is 0.500. The summed E-state index contributed by atoms with van der Waals surface area (Å²) in [7, 11) is 1.76. The predicted molar refractivity (Wildman–Crippen MR) is 80.1 cm³/mol. The molecular formula is C16H24N2O2. The van der Waals surface area contributed by atoms with Crippen molar-refractivity contribution in [2.75, 3.05) is 7.05 Å². The van der Waals surface area contributed by atoms with Crippen molar-refractivity contribution in [2.24, 2.45) is 5.92 Å². The summed E-state index contributed by atoms with van der Waals surface area (Å²) in [6.45, 7) is 7.87. The van der Waals surface area contributed by atoms with E-state index in [4.69, 9.17) is 0 Å². The summed E-state index contributed by atoms with van der Waals surface area (Å²) in [5.74, 6) is -0.177. The maximum Gasteiger partial charge on any atom is 0.245 e. The molecule has 0 aliphatic heterocycles. The highest BCUT2D eigenvalue weighted by atomic mass is 16.2.